The number of hydrogen-bond donors (Lipinski definition) is 1. The van der Waals surface area contributed by atoms with E-state index in [9.17, 15) is 0 Å². The zero-order chi connectivity index (χ0) is 12.4. The van der Waals surface area contributed by atoms with Gasteiger partial charge < -0.3 is 14.8 Å². The van der Waals surface area contributed by atoms with E-state index in [2.05, 4.69) is 5.32 Å². The van der Waals surface area contributed by atoms with Crippen molar-refractivity contribution >= 4 is 0 Å². The first-order valence-corrected chi connectivity index (χ1v) is 6.90. The largest absolute Gasteiger partial charge is 0.497 e. The van der Waals surface area contributed by atoms with Crippen molar-refractivity contribution in [2.45, 2.75) is 50.3 Å². The maximum atomic E-state index is 6.11. The molecule has 2 fully saturated rings. The Morgan fingerprint density at radius 3 is 2.56 bits per heavy atom. The number of nitrogens with one attached hydrogen (secondary N) is 1. The van der Waals surface area contributed by atoms with Gasteiger partial charge in [-0.2, -0.15) is 0 Å². The molecule has 2 heterocycles. The van der Waals surface area contributed by atoms with Crippen molar-refractivity contribution in [2.24, 2.45) is 0 Å². The van der Waals surface area contributed by atoms with Crippen LogP contribution in [0.2, 0.25) is 0 Å². The summed E-state index contributed by atoms with van der Waals surface area (Å²) >= 11 is 0. The second-order valence-corrected chi connectivity index (χ2v) is 5.38. The highest BCUT2D eigenvalue weighted by molar-refractivity contribution is 5.33. The smallest absolute Gasteiger partial charge is 0.123 e. The molecule has 3 heteroatoms. The Kier molecular flexibility index (Phi) is 3.41. The fourth-order valence-electron chi connectivity index (χ4n) is 3.18. The third-order valence-corrected chi connectivity index (χ3v) is 4.02. The first-order valence-electron chi connectivity index (χ1n) is 6.90. The average Bonchev–Trinajstić information content (AvgIpc) is 2.38. The zero-order valence-electron chi connectivity index (χ0n) is 10.9. The lowest BCUT2D eigenvalue weighted by molar-refractivity contribution is 0.0925. The second kappa shape index (κ2) is 5.19. The van der Waals surface area contributed by atoms with Crippen molar-refractivity contribution < 1.29 is 9.47 Å². The Morgan fingerprint density at radius 2 is 1.83 bits per heavy atom. The number of benzene rings is 1. The average molecular weight is 247 g/mol. The van der Waals surface area contributed by atoms with Gasteiger partial charge in [0.25, 0.3) is 0 Å². The lowest BCUT2D eigenvalue weighted by atomic mass is 9.85. The SMILES string of the molecule is COc1cccc(O[C@H]2C[C@H]3CCC[C@@H](C2)N3)c1. The van der Waals surface area contributed by atoms with Crippen LogP contribution in [0.5, 0.6) is 11.5 Å². The van der Waals surface area contributed by atoms with Crippen LogP contribution in [0.1, 0.15) is 32.1 Å². The number of rotatable bonds is 3. The van der Waals surface area contributed by atoms with Crippen LogP contribution in [-0.4, -0.2) is 25.3 Å². The number of hydrogen-bond acceptors (Lipinski definition) is 3. The highest BCUT2D eigenvalue weighted by Crippen LogP contribution is 2.29. The van der Waals surface area contributed by atoms with Crippen molar-refractivity contribution in [3.05, 3.63) is 24.3 Å². The van der Waals surface area contributed by atoms with Crippen molar-refractivity contribution in [1.29, 1.82) is 0 Å². The number of ether oxygens (including phenoxy) is 2. The highest BCUT2D eigenvalue weighted by Gasteiger charge is 2.32. The van der Waals surface area contributed by atoms with Crippen molar-refractivity contribution in [1.82, 2.24) is 5.32 Å². The predicted octanol–water partition coefficient (Wildman–Crippen LogP) is 2.75. The van der Waals surface area contributed by atoms with Gasteiger partial charge in [-0.15, -0.1) is 0 Å². The Bertz CT molecular complexity index is 395. The molecule has 0 unspecified atom stereocenters. The molecule has 18 heavy (non-hydrogen) atoms. The molecular weight excluding hydrogens is 226 g/mol. The monoisotopic (exact) mass is 247 g/mol. The molecule has 1 aromatic carbocycles. The minimum absolute atomic E-state index is 0.355. The molecule has 0 saturated carbocycles. The minimum Gasteiger partial charge on any atom is -0.497 e. The molecule has 0 amide bonds. The molecule has 2 bridgehead atoms. The first-order chi connectivity index (χ1) is 8.83. The molecule has 3 rings (SSSR count). The standard InChI is InChI=1S/C15H21NO2/c1-17-13-6-3-7-14(10-13)18-15-8-11-4-2-5-12(9-15)16-11/h3,6-7,10-12,15-16H,2,4-5,8-9H2,1H3/t11-,12+,15+. The normalized spacial score (nSPS) is 30.8. The molecule has 0 radical (unpaired) electrons. The van der Waals surface area contributed by atoms with Gasteiger partial charge >= 0.3 is 0 Å². The van der Waals surface area contributed by atoms with E-state index in [1.165, 1.54) is 19.3 Å². The van der Waals surface area contributed by atoms with Crippen molar-refractivity contribution in [3.63, 3.8) is 0 Å². The van der Waals surface area contributed by atoms with Crippen molar-refractivity contribution in [2.75, 3.05) is 7.11 Å². The second-order valence-electron chi connectivity index (χ2n) is 5.38. The van der Waals surface area contributed by atoms with Crippen LogP contribution in [-0.2, 0) is 0 Å². The Hall–Kier alpha value is -1.22. The maximum absolute atomic E-state index is 6.11. The van der Waals surface area contributed by atoms with E-state index in [-0.39, 0.29) is 0 Å². The molecular formula is C15H21NO2. The molecule has 98 valence electrons. The summed E-state index contributed by atoms with van der Waals surface area (Å²) in [5, 5.41) is 3.69. The fraction of sp³-hybridized carbons (Fsp3) is 0.600. The molecule has 3 atom stereocenters. The summed E-state index contributed by atoms with van der Waals surface area (Å²) in [6.07, 6.45) is 6.59. The van der Waals surface area contributed by atoms with Gasteiger partial charge in [0.1, 0.15) is 17.6 Å². The predicted molar refractivity (Wildman–Crippen MR) is 71.2 cm³/mol. The van der Waals surface area contributed by atoms with Gasteiger partial charge in [-0.3, -0.25) is 0 Å². The molecule has 2 aliphatic heterocycles. The van der Waals surface area contributed by atoms with Crippen LogP contribution in [0.15, 0.2) is 24.3 Å². The van der Waals surface area contributed by atoms with Crippen molar-refractivity contribution in [3.8, 4) is 11.5 Å². The molecule has 1 N–H and O–H groups in total. The van der Waals surface area contributed by atoms with Crippen LogP contribution < -0.4 is 14.8 Å². The summed E-state index contributed by atoms with van der Waals surface area (Å²) in [6.45, 7) is 0. The van der Waals surface area contributed by atoms with E-state index in [0.29, 0.717) is 18.2 Å². The van der Waals surface area contributed by atoms with Crippen LogP contribution in [0, 0.1) is 0 Å². The topological polar surface area (TPSA) is 30.5 Å². The van der Waals surface area contributed by atoms with Gasteiger partial charge in [0.05, 0.1) is 7.11 Å². The molecule has 3 nitrogen and oxygen atoms in total. The van der Waals surface area contributed by atoms with E-state index >= 15 is 0 Å². The summed E-state index contributed by atoms with van der Waals surface area (Å²) in [5.41, 5.74) is 0. The zero-order valence-corrected chi connectivity index (χ0v) is 10.9. The lowest BCUT2D eigenvalue weighted by Crippen LogP contribution is -2.51. The number of fused-ring (bicyclic) bond motifs is 2. The van der Waals surface area contributed by atoms with Crippen LogP contribution in [0.25, 0.3) is 0 Å². The quantitative estimate of drug-likeness (QED) is 0.891. The van der Waals surface area contributed by atoms with Gasteiger partial charge in [-0.25, -0.2) is 0 Å². The van der Waals surface area contributed by atoms with E-state index in [1.54, 1.807) is 7.11 Å². The minimum atomic E-state index is 0.355. The summed E-state index contributed by atoms with van der Waals surface area (Å²) in [5.74, 6) is 1.79. The maximum Gasteiger partial charge on any atom is 0.123 e. The third kappa shape index (κ3) is 2.61. The van der Waals surface area contributed by atoms with E-state index in [4.69, 9.17) is 9.47 Å². The first kappa shape index (κ1) is 11.8. The van der Waals surface area contributed by atoms with Crippen LogP contribution in [0.4, 0.5) is 0 Å². The summed E-state index contributed by atoms with van der Waals surface area (Å²) in [4.78, 5) is 0. The van der Waals surface area contributed by atoms with Gasteiger partial charge in [0.2, 0.25) is 0 Å². The molecule has 2 aliphatic rings. The molecule has 0 spiro atoms. The van der Waals surface area contributed by atoms with E-state index in [1.807, 2.05) is 24.3 Å². The molecule has 2 saturated heterocycles. The van der Waals surface area contributed by atoms with Gasteiger partial charge in [-0.1, -0.05) is 12.5 Å². The lowest BCUT2D eigenvalue weighted by Gasteiger charge is -2.40. The summed E-state index contributed by atoms with van der Waals surface area (Å²) in [7, 11) is 1.69. The Labute approximate surface area is 108 Å². The molecule has 0 aliphatic carbocycles. The van der Waals surface area contributed by atoms with Gasteiger partial charge in [0, 0.05) is 18.2 Å². The van der Waals surface area contributed by atoms with E-state index < -0.39 is 0 Å². The van der Waals surface area contributed by atoms with Crippen LogP contribution >= 0.6 is 0 Å². The summed E-state index contributed by atoms with van der Waals surface area (Å²) < 4.78 is 11.3. The number of methoxy groups -OCH3 is 1. The summed E-state index contributed by atoms with van der Waals surface area (Å²) in [6, 6.07) is 9.24. The van der Waals surface area contributed by atoms with Crippen LogP contribution in [0.3, 0.4) is 0 Å². The molecule has 0 aromatic heterocycles. The third-order valence-electron chi connectivity index (χ3n) is 4.02. The molecule has 1 aromatic rings. The van der Waals surface area contributed by atoms with E-state index in [0.717, 1.165) is 24.3 Å². The van der Waals surface area contributed by atoms with Gasteiger partial charge in [-0.05, 0) is 37.8 Å². The number of piperidine rings is 2. The highest BCUT2D eigenvalue weighted by atomic mass is 16.5. The van der Waals surface area contributed by atoms with Gasteiger partial charge in [0.15, 0.2) is 0 Å². The fourth-order valence-corrected chi connectivity index (χ4v) is 3.18. The Morgan fingerprint density at radius 1 is 1.11 bits per heavy atom. The Balaban J connectivity index is 1.65.